The number of alkyl halides is 3. The van der Waals surface area contributed by atoms with Gasteiger partial charge in [0.15, 0.2) is 0 Å². The summed E-state index contributed by atoms with van der Waals surface area (Å²) in [4.78, 5) is 11.3. The predicted molar refractivity (Wildman–Crippen MR) is 65.9 cm³/mol. The van der Waals surface area contributed by atoms with E-state index in [0.29, 0.717) is 0 Å². The van der Waals surface area contributed by atoms with Crippen LogP contribution in [0.4, 0.5) is 0 Å². The van der Waals surface area contributed by atoms with E-state index in [1.54, 1.807) is 0 Å². The molecule has 0 heterocycles. The molecule has 2 N–H and O–H groups in total. The molecule has 0 unspecified atom stereocenters. The van der Waals surface area contributed by atoms with E-state index in [0.717, 1.165) is 6.42 Å². The summed E-state index contributed by atoms with van der Waals surface area (Å²) in [7, 11) is 0. The van der Waals surface area contributed by atoms with Crippen LogP contribution in [0, 0.1) is 5.92 Å². The van der Waals surface area contributed by atoms with Gasteiger partial charge in [-0.2, -0.15) is 0 Å². The Morgan fingerprint density at radius 1 is 1.47 bits per heavy atom. The number of carbonyl (C=O) groups excluding carboxylic acids is 1. The van der Waals surface area contributed by atoms with E-state index < -0.39 is 15.8 Å². The summed E-state index contributed by atoms with van der Waals surface area (Å²) in [5, 5.41) is 0. The van der Waals surface area contributed by atoms with Crippen molar-refractivity contribution in [2.24, 2.45) is 11.7 Å². The van der Waals surface area contributed by atoms with Crippen molar-refractivity contribution in [1.82, 2.24) is 0 Å². The molecule has 0 aromatic rings. The van der Waals surface area contributed by atoms with Gasteiger partial charge in [0.25, 0.3) is 0 Å². The molecule has 0 radical (unpaired) electrons. The lowest BCUT2D eigenvalue weighted by molar-refractivity contribution is -0.146. The number of nitrogens with two attached hydrogens (primary N) is 1. The molecule has 0 rings (SSSR count). The number of halogens is 4. The summed E-state index contributed by atoms with van der Waals surface area (Å²) in [5.74, 6) is -0.483. The van der Waals surface area contributed by atoms with Crippen molar-refractivity contribution in [2.45, 2.75) is 30.1 Å². The SMILES string of the molecule is CC[C@H](C)[C@H](N)C(=O)OCC(Cl)(Cl)Cl.Cl. The second-order valence-electron chi connectivity index (χ2n) is 3.13. The summed E-state index contributed by atoms with van der Waals surface area (Å²) in [6.07, 6.45) is 0.796. The molecule has 7 heteroatoms. The summed E-state index contributed by atoms with van der Waals surface area (Å²) in [6.45, 7) is 3.52. The second-order valence-corrected chi connectivity index (χ2v) is 5.65. The predicted octanol–water partition coefficient (Wildman–Crippen LogP) is 2.70. The normalized spacial score (nSPS) is 15.1. The van der Waals surface area contributed by atoms with Crippen LogP contribution < -0.4 is 5.73 Å². The van der Waals surface area contributed by atoms with Crippen LogP contribution in [0.3, 0.4) is 0 Å². The van der Waals surface area contributed by atoms with Gasteiger partial charge >= 0.3 is 5.97 Å². The summed E-state index contributed by atoms with van der Waals surface area (Å²) in [5.41, 5.74) is 5.60. The average Bonchev–Trinajstić information content (AvgIpc) is 2.10. The molecule has 0 aliphatic carbocycles. The molecular weight excluding hydrogens is 284 g/mol. The highest BCUT2D eigenvalue weighted by Crippen LogP contribution is 2.26. The molecule has 15 heavy (non-hydrogen) atoms. The molecule has 0 saturated heterocycles. The van der Waals surface area contributed by atoms with E-state index in [1.807, 2.05) is 13.8 Å². The zero-order valence-electron chi connectivity index (χ0n) is 8.50. The Morgan fingerprint density at radius 3 is 2.27 bits per heavy atom. The molecule has 0 amide bonds. The van der Waals surface area contributed by atoms with E-state index in [2.05, 4.69) is 0 Å². The van der Waals surface area contributed by atoms with Crippen molar-refractivity contribution in [3.05, 3.63) is 0 Å². The Morgan fingerprint density at radius 2 is 1.93 bits per heavy atom. The van der Waals surface area contributed by atoms with Crippen LogP contribution in [0.2, 0.25) is 0 Å². The van der Waals surface area contributed by atoms with E-state index >= 15 is 0 Å². The summed E-state index contributed by atoms with van der Waals surface area (Å²) in [6, 6.07) is -0.660. The third-order valence-corrected chi connectivity index (χ3v) is 2.23. The van der Waals surface area contributed by atoms with Gasteiger partial charge in [0.1, 0.15) is 12.6 Å². The van der Waals surface area contributed by atoms with Crippen LogP contribution in [0.1, 0.15) is 20.3 Å². The highest BCUT2D eigenvalue weighted by molar-refractivity contribution is 6.67. The topological polar surface area (TPSA) is 52.3 Å². The Balaban J connectivity index is 0. The Kier molecular flexibility index (Phi) is 9.34. The van der Waals surface area contributed by atoms with Gasteiger partial charge in [-0.1, -0.05) is 55.1 Å². The monoisotopic (exact) mass is 297 g/mol. The number of hydrogen-bond acceptors (Lipinski definition) is 3. The maximum atomic E-state index is 11.3. The van der Waals surface area contributed by atoms with Crippen molar-refractivity contribution < 1.29 is 9.53 Å². The number of hydrogen-bond donors (Lipinski definition) is 1. The van der Waals surface area contributed by atoms with E-state index in [-0.39, 0.29) is 24.9 Å². The highest BCUT2D eigenvalue weighted by atomic mass is 35.6. The Bertz CT molecular complexity index is 196. The zero-order chi connectivity index (χ0) is 11.4. The van der Waals surface area contributed by atoms with Crippen molar-refractivity contribution in [3.63, 3.8) is 0 Å². The first kappa shape index (κ1) is 18.0. The van der Waals surface area contributed by atoms with Crippen LogP contribution >= 0.6 is 47.2 Å². The minimum atomic E-state index is -1.58. The van der Waals surface area contributed by atoms with Crippen molar-refractivity contribution in [1.29, 1.82) is 0 Å². The summed E-state index contributed by atoms with van der Waals surface area (Å²) >= 11 is 16.2. The lowest BCUT2D eigenvalue weighted by atomic mass is 10.0. The smallest absolute Gasteiger partial charge is 0.323 e. The van der Waals surface area contributed by atoms with Gasteiger partial charge in [0.2, 0.25) is 3.79 Å². The van der Waals surface area contributed by atoms with Crippen molar-refractivity contribution >= 4 is 53.2 Å². The lowest BCUT2D eigenvalue weighted by Crippen LogP contribution is -2.39. The molecule has 2 atom stereocenters. The number of ether oxygens (including phenoxy) is 1. The van der Waals surface area contributed by atoms with Crippen LogP contribution in [0.5, 0.6) is 0 Å². The standard InChI is InChI=1S/C8H14Cl3NO2.ClH/c1-3-5(2)6(12)7(13)14-4-8(9,10)11;/h5-6H,3-4,12H2,1-2H3;1H/t5-,6-;/m0./s1. The molecule has 0 saturated carbocycles. The summed E-state index contributed by atoms with van der Waals surface area (Å²) < 4.78 is 3.15. The second kappa shape index (κ2) is 7.80. The van der Waals surface area contributed by atoms with Gasteiger partial charge in [-0.3, -0.25) is 4.79 Å². The fourth-order valence-corrected chi connectivity index (χ4v) is 0.899. The highest BCUT2D eigenvalue weighted by Gasteiger charge is 2.26. The third-order valence-electron chi connectivity index (χ3n) is 1.91. The van der Waals surface area contributed by atoms with Gasteiger partial charge in [0.05, 0.1) is 0 Å². The molecule has 0 fully saturated rings. The van der Waals surface area contributed by atoms with Crippen LogP contribution in [-0.4, -0.2) is 22.4 Å². The minimum Gasteiger partial charge on any atom is -0.460 e. The van der Waals surface area contributed by atoms with Gasteiger partial charge in [0, 0.05) is 0 Å². The van der Waals surface area contributed by atoms with E-state index in [9.17, 15) is 4.79 Å². The first-order valence-corrected chi connectivity index (χ1v) is 5.40. The Hall–Kier alpha value is 0.590. The van der Waals surface area contributed by atoms with Gasteiger partial charge in [-0.25, -0.2) is 0 Å². The number of carbonyl (C=O) groups is 1. The molecule has 0 bridgehead atoms. The number of esters is 1. The third kappa shape index (κ3) is 8.40. The van der Waals surface area contributed by atoms with Crippen LogP contribution in [0.25, 0.3) is 0 Å². The average molecular weight is 299 g/mol. The largest absolute Gasteiger partial charge is 0.460 e. The van der Waals surface area contributed by atoms with Gasteiger partial charge < -0.3 is 10.5 Å². The first-order chi connectivity index (χ1) is 6.28. The molecule has 0 aliphatic heterocycles. The quantitative estimate of drug-likeness (QED) is 0.641. The maximum absolute atomic E-state index is 11.3. The van der Waals surface area contributed by atoms with Crippen LogP contribution in [0.15, 0.2) is 0 Å². The van der Waals surface area contributed by atoms with E-state index in [1.165, 1.54) is 0 Å². The van der Waals surface area contributed by atoms with Gasteiger partial charge in [-0.15, -0.1) is 12.4 Å². The molecule has 0 aromatic carbocycles. The van der Waals surface area contributed by atoms with Crippen molar-refractivity contribution in [2.75, 3.05) is 6.61 Å². The van der Waals surface area contributed by atoms with Gasteiger partial charge in [-0.05, 0) is 5.92 Å². The fraction of sp³-hybridized carbons (Fsp3) is 0.875. The molecule has 92 valence electrons. The maximum Gasteiger partial charge on any atom is 0.323 e. The molecule has 0 aromatic heterocycles. The number of rotatable bonds is 4. The Labute approximate surface area is 111 Å². The van der Waals surface area contributed by atoms with Crippen molar-refractivity contribution in [3.8, 4) is 0 Å². The lowest BCUT2D eigenvalue weighted by Gasteiger charge is -2.18. The molecule has 0 aliphatic rings. The molecule has 0 spiro atoms. The minimum absolute atomic E-state index is 0. The first-order valence-electron chi connectivity index (χ1n) is 4.27. The molecular formula is C8H15Cl4NO2. The zero-order valence-corrected chi connectivity index (χ0v) is 11.6. The fourth-order valence-electron chi connectivity index (χ4n) is 0.735. The molecule has 3 nitrogen and oxygen atoms in total. The van der Waals surface area contributed by atoms with E-state index in [4.69, 9.17) is 45.3 Å². The van der Waals surface area contributed by atoms with Crippen LogP contribution in [-0.2, 0) is 9.53 Å².